The van der Waals surface area contributed by atoms with E-state index in [9.17, 15) is 26.4 Å². The Labute approximate surface area is 183 Å². The highest BCUT2D eigenvalue weighted by Crippen LogP contribution is 2.36. The molecule has 1 saturated heterocycles. The Morgan fingerprint density at radius 2 is 2.06 bits per heavy atom. The molecule has 0 radical (unpaired) electrons. The summed E-state index contributed by atoms with van der Waals surface area (Å²) < 4.78 is 70.7. The molecule has 1 aromatic rings. The van der Waals surface area contributed by atoms with Crippen LogP contribution in [-0.2, 0) is 14.6 Å². The van der Waals surface area contributed by atoms with Crippen LogP contribution in [0.4, 0.5) is 18.0 Å². The third-order valence-electron chi connectivity index (χ3n) is 5.51. The van der Waals surface area contributed by atoms with Gasteiger partial charge in [0.25, 0.3) is 0 Å². The third kappa shape index (κ3) is 5.25. The van der Waals surface area contributed by atoms with Crippen molar-refractivity contribution in [1.82, 2.24) is 10.2 Å². The molecule has 1 aromatic carbocycles. The summed E-state index contributed by atoms with van der Waals surface area (Å²) >= 11 is 6.02. The predicted octanol–water partition coefficient (Wildman–Crippen LogP) is 3.49. The molecule has 2 aliphatic rings. The van der Waals surface area contributed by atoms with E-state index in [-0.39, 0.29) is 22.9 Å². The van der Waals surface area contributed by atoms with Crippen LogP contribution in [-0.4, -0.2) is 55.7 Å². The van der Waals surface area contributed by atoms with Crippen LogP contribution in [0, 0.1) is 17.2 Å². The van der Waals surface area contributed by atoms with Gasteiger partial charge in [0.1, 0.15) is 5.54 Å². The number of benzene rings is 1. The van der Waals surface area contributed by atoms with E-state index >= 15 is 0 Å². The molecular weight excluding hydrogens is 459 g/mol. The summed E-state index contributed by atoms with van der Waals surface area (Å²) in [6.45, 7) is 0.177. The molecule has 3 atom stereocenters. The first-order valence-corrected chi connectivity index (χ1v) is 11.5. The standard InChI is InChI=1S/C19H21ClF3N3O4S/c1-12(19(21,22)23)9-26-10-13(31(28,29)15-5-3-2-4-14(15)20)8-16(26)30-17(27)25-18(11-24)6-7-18/h2-5,12-13,16H,6-10H2,1H3,(H,25,27)/t12?,13-,16+/m1/s1. The number of alkyl carbamates (subject to hydrolysis) is 1. The lowest BCUT2D eigenvalue weighted by Gasteiger charge is -2.28. The van der Waals surface area contributed by atoms with Crippen molar-refractivity contribution >= 4 is 27.5 Å². The minimum Gasteiger partial charge on any atom is -0.430 e. The van der Waals surface area contributed by atoms with Crippen molar-refractivity contribution in [3.05, 3.63) is 29.3 Å². The minimum atomic E-state index is -4.49. The van der Waals surface area contributed by atoms with Crippen LogP contribution in [0.5, 0.6) is 0 Å². The summed E-state index contributed by atoms with van der Waals surface area (Å²) in [5.74, 6) is -1.77. The molecule has 1 saturated carbocycles. The Kier molecular flexibility index (Phi) is 6.47. The fourth-order valence-electron chi connectivity index (χ4n) is 3.42. The van der Waals surface area contributed by atoms with Crippen LogP contribution < -0.4 is 5.32 Å². The minimum absolute atomic E-state index is 0.00418. The van der Waals surface area contributed by atoms with Crippen molar-refractivity contribution in [2.24, 2.45) is 5.92 Å². The number of ether oxygens (including phenoxy) is 1. The Morgan fingerprint density at radius 3 is 2.61 bits per heavy atom. The van der Waals surface area contributed by atoms with E-state index in [0.29, 0.717) is 12.8 Å². The molecule has 1 unspecified atom stereocenters. The Balaban J connectivity index is 1.80. The lowest BCUT2D eigenvalue weighted by atomic mass is 10.1. The number of hydrogen-bond donors (Lipinski definition) is 1. The number of hydrogen-bond acceptors (Lipinski definition) is 6. The van der Waals surface area contributed by atoms with Crippen LogP contribution in [0.1, 0.15) is 26.2 Å². The van der Waals surface area contributed by atoms with Gasteiger partial charge >= 0.3 is 12.3 Å². The van der Waals surface area contributed by atoms with Gasteiger partial charge in [-0.25, -0.2) is 13.2 Å². The summed E-state index contributed by atoms with van der Waals surface area (Å²) in [6.07, 6.45) is -5.98. The average molecular weight is 480 g/mol. The highest BCUT2D eigenvalue weighted by atomic mass is 35.5. The van der Waals surface area contributed by atoms with Crippen molar-refractivity contribution in [3.8, 4) is 6.07 Å². The summed E-state index contributed by atoms with van der Waals surface area (Å²) in [5, 5.41) is 10.4. The SMILES string of the molecule is CC(CN1C[C@H](S(=O)(=O)c2ccccc2Cl)C[C@@H]1OC(=O)NC1(C#N)CC1)C(F)(F)F. The molecule has 1 amide bonds. The number of alkyl halides is 3. The molecule has 3 rings (SSSR count). The quantitative estimate of drug-likeness (QED) is 0.670. The average Bonchev–Trinajstić information content (AvgIpc) is 3.34. The zero-order chi connectivity index (χ0) is 23.0. The molecule has 2 fully saturated rings. The molecule has 7 nitrogen and oxygen atoms in total. The highest BCUT2D eigenvalue weighted by Gasteiger charge is 2.48. The number of likely N-dealkylation sites (tertiary alicyclic amines) is 1. The lowest BCUT2D eigenvalue weighted by Crippen LogP contribution is -2.44. The molecule has 1 aliphatic carbocycles. The molecule has 0 spiro atoms. The van der Waals surface area contributed by atoms with Crippen LogP contribution in [0.25, 0.3) is 0 Å². The van der Waals surface area contributed by atoms with Crippen molar-refractivity contribution in [1.29, 1.82) is 5.26 Å². The topological polar surface area (TPSA) is 99.5 Å². The fourth-order valence-corrected chi connectivity index (χ4v) is 5.65. The van der Waals surface area contributed by atoms with Crippen LogP contribution >= 0.6 is 11.6 Å². The monoisotopic (exact) mass is 479 g/mol. The maximum absolute atomic E-state index is 13.1. The van der Waals surface area contributed by atoms with Crippen molar-refractivity contribution in [2.45, 2.75) is 54.3 Å². The first kappa shape index (κ1) is 23.6. The van der Waals surface area contributed by atoms with Gasteiger partial charge in [-0.15, -0.1) is 0 Å². The number of rotatable bonds is 6. The number of amides is 1. The predicted molar refractivity (Wildman–Crippen MR) is 105 cm³/mol. The van der Waals surface area contributed by atoms with E-state index in [1.165, 1.54) is 23.1 Å². The third-order valence-corrected chi connectivity index (χ3v) is 8.14. The van der Waals surface area contributed by atoms with Gasteiger partial charge in [0, 0.05) is 19.5 Å². The Hall–Kier alpha value is -2.03. The van der Waals surface area contributed by atoms with E-state index in [0.717, 1.165) is 6.92 Å². The first-order valence-electron chi connectivity index (χ1n) is 9.57. The van der Waals surface area contributed by atoms with E-state index in [2.05, 4.69) is 5.32 Å². The largest absolute Gasteiger partial charge is 0.430 e. The van der Waals surface area contributed by atoms with Gasteiger partial charge in [0.15, 0.2) is 16.1 Å². The molecule has 1 aliphatic heterocycles. The molecule has 0 bridgehead atoms. The maximum Gasteiger partial charge on any atom is 0.409 e. The lowest BCUT2D eigenvalue weighted by molar-refractivity contribution is -0.177. The second-order valence-corrected chi connectivity index (χ2v) is 10.5. The second-order valence-electron chi connectivity index (χ2n) is 7.91. The van der Waals surface area contributed by atoms with E-state index in [1.807, 2.05) is 6.07 Å². The van der Waals surface area contributed by atoms with Crippen molar-refractivity contribution in [3.63, 3.8) is 0 Å². The molecule has 31 heavy (non-hydrogen) atoms. The van der Waals surface area contributed by atoms with Crippen LogP contribution in [0.2, 0.25) is 5.02 Å². The number of nitrogens with zero attached hydrogens (tertiary/aromatic N) is 2. The zero-order valence-corrected chi connectivity index (χ0v) is 18.1. The van der Waals surface area contributed by atoms with Gasteiger partial charge in [0.05, 0.1) is 27.2 Å². The number of sulfone groups is 1. The molecular formula is C19H21ClF3N3O4S. The molecule has 1 heterocycles. The first-order chi connectivity index (χ1) is 14.4. The number of carbonyl (C=O) groups excluding carboxylic acids is 1. The zero-order valence-electron chi connectivity index (χ0n) is 16.5. The summed E-state index contributed by atoms with van der Waals surface area (Å²) in [4.78, 5) is 13.3. The van der Waals surface area contributed by atoms with Crippen molar-refractivity contribution in [2.75, 3.05) is 13.1 Å². The normalized spacial score (nSPS) is 24.3. The number of nitriles is 1. The van der Waals surface area contributed by atoms with Gasteiger partial charge in [-0.1, -0.05) is 30.7 Å². The van der Waals surface area contributed by atoms with E-state index in [1.54, 1.807) is 6.07 Å². The second kappa shape index (κ2) is 8.48. The van der Waals surface area contributed by atoms with E-state index in [4.69, 9.17) is 21.6 Å². The molecule has 12 heteroatoms. The molecule has 170 valence electrons. The van der Waals surface area contributed by atoms with Gasteiger partial charge in [-0.3, -0.25) is 4.90 Å². The van der Waals surface area contributed by atoms with Crippen molar-refractivity contribution < 1.29 is 31.1 Å². The molecule has 0 aromatic heterocycles. The van der Waals surface area contributed by atoms with Gasteiger partial charge < -0.3 is 10.1 Å². The maximum atomic E-state index is 13.1. The Bertz CT molecular complexity index is 992. The smallest absolute Gasteiger partial charge is 0.409 e. The number of nitrogens with one attached hydrogen (secondary N) is 1. The fraction of sp³-hybridized carbons (Fsp3) is 0.579. The molecule has 1 N–H and O–H groups in total. The van der Waals surface area contributed by atoms with Crippen LogP contribution in [0.15, 0.2) is 29.2 Å². The highest BCUT2D eigenvalue weighted by molar-refractivity contribution is 7.92. The van der Waals surface area contributed by atoms with Crippen LogP contribution in [0.3, 0.4) is 0 Å². The van der Waals surface area contributed by atoms with Gasteiger partial charge in [-0.05, 0) is 25.0 Å². The summed E-state index contributed by atoms with van der Waals surface area (Å²) in [6, 6.07) is 7.74. The summed E-state index contributed by atoms with van der Waals surface area (Å²) in [7, 11) is -3.99. The van der Waals surface area contributed by atoms with Gasteiger partial charge in [-0.2, -0.15) is 18.4 Å². The van der Waals surface area contributed by atoms with Gasteiger partial charge in [0.2, 0.25) is 0 Å². The Morgan fingerprint density at radius 1 is 1.42 bits per heavy atom. The number of halogens is 4. The number of carbonyl (C=O) groups is 1. The van der Waals surface area contributed by atoms with E-state index < -0.39 is 51.6 Å². The summed E-state index contributed by atoms with van der Waals surface area (Å²) in [5.41, 5.74) is -1.02.